The number of hydrogen-bond donors (Lipinski definition) is 2. The van der Waals surface area contributed by atoms with Crippen LogP contribution in [0, 0.1) is 5.92 Å². The highest BCUT2D eigenvalue weighted by Gasteiger charge is 2.21. The maximum atomic E-state index is 11.2. The number of halogens is 1. The van der Waals surface area contributed by atoms with Gasteiger partial charge in [0, 0.05) is 6.54 Å². The van der Waals surface area contributed by atoms with Crippen LogP contribution in [0.4, 0.5) is 0 Å². The minimum absolute atomic E-state index is 0.0115. The van der Waals surface area contributed by atoms with E-state index in [2.05, 4.69) is 5.32 Å². The first kappa shape index (κ1) is 17.6. The van der Waals surface area contributed by atoms with Crippen molar-refractivity contribution in [2.75, 3.05) is 13.7 Å². The lowest BCUT2D eigenvalue weighted by Gasteiger charge is -2.19. The molecule has 0 saturated heterocycles. The third-order valence-electron chi connectivity index (χ3n) is 3.03. The zero-order valence-corrected chi connectivity index (χ0v) is 13.5. The predicted octanol–water partition coefficient (Wildman–Crippen LogP) is 2.95. The molecule has 0 spiro atoms. The number of rotatable bonds is 8. The van der Waals surface area contributed by atoms with E-state index in [1.165, 1.54) is 7.11 Å². The fraction of sp³-hybridized carbons (Fsp3) is 0.533. The third-order valence-corrected chi connectivity index (χ3v) is 3.31. The summed E-state index contributed by atoms with van der Waals surface area (Å²) in [6.45, 7) is 6.47. The summed E-state index contributed by atoms with van der Waals surface area (Å²) in [6.07, 6.45) is 0. The van der Waals surface area contributed by atoms with Gasteiger partial charge in [-0.3, -0.25) is 4.79 Å². The highest BCUT2D eigenvalue weighted by atomic mass is 35.5. The summed E-state index contributed by atoms with van der Waals surface area (Å²) in [5.74, 6) is 0.166. The van der Waals surface area contributed by atoms with Gasteiger partial charge in [0.05, 0.1) is 18.7 Å². The van der Waals surface area contributed by atoms with Gasteiger partial charge in [0.2, 0.25) is 0 Å². The number of aliphatic carboxylic acids is 1. The molecule has 6 heteroatoms. The van der Waals surface area contributed by atoms with Crippen molar-refractivity contribution >= 4 is 17.6 Å². The summed E-state index contributed by atoms with van der Waals surface area (Å²) in [5, 5.41) is 12.6. The Morgan fingerprint density at radius 3 is 2.57 bits per heavy atom. The van der Waals surface area contributed by atoms with Gasteiger partial charge >= 0.3 is 5.97 Å². The molecule has 1 aromatic carbocycles. The molecule has 0 aliphatic heterocycles. The molecule has 1 aromatic rings. The van der Waals surface area contributed by atoms with Crippen LogP contribution in [-0.2, 0) is 11.3 Å². The molecule has 0 heterocycles. The van der Waals surface area contributed by atoms with Crippen molar-refractivity contribution in [1.82, 2.24) is 5.32 Å². The minimum atomic E-state index is -0.866. The van der Waals surface area contributed by atoms with E-state index in [1.54, 1.807) is 12.1 Å². The molecular weight excluding hydrogens is 294 g/mol. The fourth-order valence-corrected chi connectivity index (χ4v) is 2.33. The van der Waals surface area contributed by atoms with Crippen LogP contribution in [0.2, 0.25) is 5.02 Å². The molecule has 118 valence electrons. The topological polar surface area (TPSA) is 67.8 Å². The van der Waals surface area contributed by atoms with Crippen LogP contribution in [-0.4, -0.2) is 30.8 Å². The lowest BCUT2D eigenvalue weighted by molar-refractivity contribution is -0.140. The lowest BCUT2D eigenvalue weighted by atomic mass is 10.0. The van der Waals surface area contributed by atoms with E-state index in [9.17, 15) is 4.79 Å². The van der Waals surface area contributed by atoms with E-state index in [1.807, 2.05) is 20.8 Å². The van der Waals surface area contributed by atoms with Crippen molar-refractivity contribution < 1.29 is 19.4 Å². The third kappa shape index (κ3) is 4.79. The van der Waals surface area contributed by atoms with Crippen molar-refractivity contribution in [3.05, 3.63) is 22.7 Å². The molecule has 0 radical (unpaired) electrons. The number of methoxy groups -OCH3 is 1. The van der Waals surface area contributed by atoms with Crippen molar-refractivity contribution in [1.29, 1.82) is 0 Å². The van der Waals surface area contributed by atoms with Gasteiger partial charge in [-0.25, -0.2) is 0 Å². The summed E-state index contributed by atoms with van der Waals surface area (Å²) in [5.41, 5.74) is 0.844. The van der Waals surface area contributed by atoms with Gasteiger partial charge < -0.3 is 19.9 Å². The van der Waals surface area contributed by atoms with Crippen LogP contribution in [0.1, 0.15) is 26.3 Å². The number of carboxylic acid groups (broad SMARTS) is 1. The lowest BCUT2D eigenvalue weighted by Crippen LogP contribution is -2.40. The second-order valence-corrected chi connectivity index (χ2v) is 5.39. The van der Waals surface area contributed by atoms with Crippen LogP contribution in [0.15, 0.2) is 12.1 Å². The summed E-state index contributed by atoms with van der Waals surface area (Å²) in [6, 6.07) is 2.94. The maximum Gasteiger partial charge on any atom is 0.320 e. The molecule has 1 rings (SSSR count). The molecule has 1 atom stereocenters. The van der Waals surface area contributed by atoms with Crippen molar-refractivity contribution in [3.8, 4) is 11.5 Å². The summed E-state index contributed by atoms with van der Waals surface area (Å²) < 4.78 is 10.7. The molecule has 0 fully saturated rings. The summed E-state index contributed by atoms with van der Waals surface area (Å²) in [4.78, 5) is 11.2. The standard InChI is InChI=1S/C15H22ClNO4/c1-5-21-12-7-10(6-11(16)14(12)20-4)8-17-13(9(2)3)15(18)19/h6-7,9,13,17H,5,8H2,1-4H3,(H,18,19). The first-order chi connectivity index (χ1) is 9.90. The number of hydrogen-bond acceptors (Lipinski definition) is 4. The summed E-state index contributed by atoms with van der Waals surface area (Å²) in [7, 11) is 1.53. The fourth-order valence-electron chi connectivity index (χ4n) is 2.02. The average molecular weight is 316 g/mol. The number of ether oxygens (including phenoxy) is 2. The van der Waals surface area contributed by atoms with Crippen LogP contribution in [0.5, 0.6) is 11.5 Å². The average Bonchev–Trinajstić information content (AvgIpc) is 2.38. The molecule has 0 aliphatic carbocycles. The first-order valence-corrected chi connectivity index (χ1v) is 7.23. The molecule has 0 aromatic heterocycles. The maximum absolute atomic E-state index is 11.2. The normalized spacial score (nSPS) is 12.3. The van der Waals surface area contributed by atoms with Gasteiger partial charge in [-0.15, -0.1) is 0 Å². The van der Waals surface area contributed by atoms with Gasteiger partial charge in [0.25, 0.3) is 0 Å². The Bertz CT molecular complexity index is 491. The molecule has 0 bridgehead atoms. The van der Waals surface area contributed by atoms with Gasteiger partial charge in [-0.1, -0.05) is 25.4 Å². The molecular formula is C15H22ClNO4. The van der Waals surface area contributed by atoms with Gasteiger partial charge in [-0.05, 0) is 30.5 Å². The van der Waals surface area contributed by atoms with Crippen LogP contribution in [0.25, 0.3) is 0 Å². The van der Waals surface area contributed by atoms with Gasteiger partial charge in [-0.2, -0.15) is 0 Å². The zero-order chi connectivity index (χ0) is 16.0. The number of carboxylic acids is 1. The Hall–Kier alpha value is -1.46. The summed E-state index contributed by atoms with van der Waals surface area (Å²) >= 11 is 6.16. The Morgan fingerprint density at radius 1 is 1.43 bits per heavy atom. The molecule has 2 N–H and O–H groups in total. The SMILES string of the molecule is CCOc1cc(CNC(C(=O)O)C(C)C)cc(Cl)c1OC. The van der Waals surface area contributed by atoms with E-state index < -0.39 is 12.0 Å². The molecule has 5 nitrogen and oxygen atoms in total. The Balaban J connectivity index is 2.91. The van der Waals surface area contributed by atoms with Crippen LogP contribution in [0.3, 0.4) is 0 Å². The van der Waals surface area contributed by atoms with Crippen molar-refractivity contribution in [2.24, 2.45) is 5.92 Å². The Morgan fingerprint density at radius 2 is 2.10 bits per heavy atom. The molecule has 0 amide bonds. The van der Waals surface area contributed by atoms with E-state index in [-0.39, 0.29) is 5.92 Å². The van der Waals surface area contributed by atoms with Crippen molar-refractivity contribution in [2.45, 2.75) is 33.4 Å². The first-order valence-electron chi connectivity index (χ1n) is 6.86. The number of benzene rings is 1. The van der Waals surface area contributed by atoms with E-state index in [0.29, 0.717) is 29.7 Å². The molecule has 0 aliphatic rings. The monoisotopic (exact) mass is 315 g/mol. The Kier molecular flexibility index (Phi) is 6.78. The number of nitrogens with one attached hydrogen (secondary N) is 1. The van der Waals surface area contributed by atoms with E-state index >= 15 is 0 Å². The predicted molar refractivity (Wildman–Crippen MR) is 82.3 cm³/mol. The molecule has 21 heavy (non-hydrogen) atoms. The molecule has 0 saturated carbocycles. The van der Waals surface area contributed by atoms with Gasteiger partial charge in [0.15, 0.2) is 11.5 Å². The zero-order valence-electron chi connectivity index (χ0n) is 12.8. The quantitative estimate of drug-likeness (QED) is 0.772. The largest absolute Gasteiger partial charge is 0.491 e. The molecule has 1 unspecified atom stereocenters. The second kappa shape index (κ2) is 8.10. The van der Waals surface area contributed by atoms with E-state index in [0.717, 1.165) is 5.56 Å². The highest BCUT2D eigenvalue weighted by molar-refractivity contribution is 6.32. The smallest absolute Gasteiger partial charge is 0.320 e. The Labute approximate surface area is 130 Å². The minimum Gasteiger partial charge on any atom is -0.491 e. The second-order valence-electron chi connectivity index (χ2n) is 4.98. The number of carbonyl (C=O) groups is 1. The van der Waals surface area contributed by atoms with E-state index in [4.69, 9.17) is 26.2 Å². The highest BCUT2D eigenvalue weighted by Crippen LogP contribution is 2.36. The van der Waals surface area contributed by atoms with Gasteiger partial charge in [0.1, 0.15) is 6.04 Å². The van der Waals surface area contributed by atoms with Crippen LogP contribution >= 0.6 is 11.6 Å². The van der Waals surface area contributed by atoms with Crippen molar-refractivity contribution in [3.63, 3.8) is 0 Å². The van der Waals surface area contributed by atoms with Crippen LogP contribution < -0.4 is 14.8 Å².